The summed E-state index contributed by atoms with van der Waals surface area (Å²) in [6.07, 6.45) is -27.6. The Bertz CT molecular complexity index is 1660. The monoisotopic (exact) mass is 938 g/mol. The number of carbonyl (C=O) groups is 1. The van der Waals surface area contributed by atoms with Crippen LogP contribution >= 0.6 is 0 Å². The molecule has 1 aromatic rings. The predicted octanol–water partition coefficient (Wildman–Crippen LogP) is -4.86. The smallest absolute Gasteiger partial charge is 0.229 e. The molecule has 5 rings (SSSR count). The van der Waals surface area contributed by atoms with Crippen LogP contribution in [0, 0.1) is 18.3 Å². The Hall–Kier alpha value is -2.62. The first kappa shape index (κ1) is 53.3. The first-order valence-corrected chi connectivity index (χ1v) is 21.5. The summed E-state index contributed by atoms with van der Waals surface area (Å²) in [6, 6.07) is 4.57. The van der Waals surface area contributed by atoms with Crippen LogP contribution in [-0.2, 0) is 51.0 Å². The minimum absolute atomic E-state index is 0.0526. The number of ether oxygens (including phenoxy) is 8. The molecule has 22 nitrogen and oxygen atoms in total. The van der Waals surface area contributed by atoms with Gasteiger partial charge >= 0.3 is 0 Å². The Balaban J connectivity index is 1.21. The Morgan fingerprint density at radius 3 is 1.55 bits per heavy atom. The number of alkyl halides is 1. The van der Waals surface area contributed by atoms with Gasteiger partial charge in [-0.2, -0.15) is 0 Å². The molecule has 4 heterocycles. The molecule has 0 spiro atoms. The Kier molecular flexibility index (Phi) is 20.2. The number of carbonyl (C=O) groups excluding carboxylic acids is 1. The molecule has 0 amide bonds. The fourth-order valence-electron chi connectivity index (χ4n) is 8.25. The van der Waals surface area contributed by atoms with Crippen molar-refractivity contribution in [1.29, 1.82) is 0 Å². The lowest BCUT2D eigenvalue weighted by Crippen LogP contribution is -2.67. The van der Waals surface area contributed by atoms with Crippen LogP contribution in [0.3, 0.4) is 0 Å². The highest BCUT2D eigenvalue weighted by Gasteiger charge is 2.55. The summed E-state index contributed by atoms with van der Waals surface area (Å²) in [4.78, 5) is 12.5. The molecule has 4 aliphatic heterocycles. The Labute approximate surface area is 373 Å². The van der Waals surface area contributed by atoms with Gasteiger partial charge in [0, 0.05) is 24.8 Å². The molecule has 0 aromatic heterocycles. The number of rotatable bonds is 21. The maximum atomic E-state index is 14.4. The van der Waals surface area contributed by atoms with Crippen LogP contribution in [0.15, 0.2) is 18.2 Å². The highest BCUT2D eigenvalue weighted by molar-refractivity contribution is 5.78. The van der Waals surface area contributed by atoms with E-state index in [0.717, 1.165) is 12.8 Å². The number of halogens is 1. The van der Waals surface area contributed by atoms with E-state index in [1.54, 1.807) is 6.07 Å². The van der Waals surface area contributed by atoms with E-state index in [1.807, 2.05) is 6.92 Å². The van der Waals surface area contributed by atoms with E-state index < -0.39 is 156 Å². The highest BCUT2D eigenvalue weighted by atomic mass is 19.1. The van der Waals surface area contributed by atoms with Crippen molar-refractivity contribution < 1.29 is 113 Å². The third kappa shape index (κ3) is 12.5. The zero-order valence-electron chi connectivity index (χ0n) is 35.6. The third-order valence-electron chi connectivity index (χ3n) is 12.0. The van der Waals surface area contributed by atoms with Gasteiger partial charge < -0.3 is 104 Å². The largest absolute Gasteiger partial charge is 0.462 e. The van der Waals surface area contributed by atoms with E-state index in [9.17, 15) is 75.6 Å². The van der Waals surface area contributed by atoms with Gasteiger partial charge in [0.15, 0.2) is 18.9 Å². The maximum Gasteiger partial charge on any atom is 0.229 e. The molecule has 4 aliphatic rings. The molecule has 9 unspecified atom stereocenters. The zero-order valence-corrected chi connectivity index (χ0v) is 35.6. The summed E-state index contributed by atoms with van der Waals surface area (Å²) in [5.74, 6) is 2.42. The summed E-state index contributed by atoms with van der Waals surface area (Å²) < 4.78 is 59.3. The number of aliphatic hydroxyl groups is 13. The van der Waals surface area contributed by atoms with Crippen molar-refractivity contribution in [3.05, 3.63) is 29.3 Å². The van der Waals surface area contributed by atoms with Gasteiger partial charge in [-0.3, -0.25) is 4.79 Å². The predicted molar refractivity (Wildman–Crippen MR) is 213 cm³/mol. The SMILES string of the molecule is C#CCC(CC(=O)CCCC)Cc1ccc(O[C@@H]2OC(CO)[C@H](O[C@H]3OC(CO)[C@H](O[C@H]4OC(CO)[C@@H](O[C@H]5OC(CO)[C@@H](O)[C@H](O)C5O)[C@H](O)C4O)[C@H](O)C3O)[C@H](O)C2O)c(CF)c1. The Morgan fingerprint density at radius 1 is 0.662 bits per heavy atom. The molecule has 1 aromatic carbocycles. The molecule has 0 bridgehead atoms. The number of ketones is 1. The Morgan fingerprint density at radius 2 is 1.11 bits per heavy atom. The number of unbranched alkanes of at least 4 members (excludes halogenated alkanes) is 1. The molecule has 65 heavy (non-hydrogen) atoms. The van der Waals surface area contributed by atoms with Crippen LogP contribution in [0.4, 0.5) is 4.39 Å². The summed E-state index contributed by atoms with van der Waals surface area (Å²) in [5.41, 5.74) is 0.724. The second-order valence-electron chi connectivity index (χ2n) is 16.6. The number of hydrogen-bond acceptors (Lipinski definition) is 22. The minimum atomic E-state index is -2.08. The third-order valence-corrected chi connectivity index (χ3v) is 12.0. The second kappa shape index (κ2) is 24.6. The van der Waals surface area contributed by atoms with E-state index in [2.05, 4.69) is 5.92 Å². The van der Waals surface area contributed by atoms with Gasteiger partial charge in [-0.1, -0.05) is 19.4 Å². The first-order chi connectivity index (χ1) is 31.0. The first-order valence-electron chi connectivity index (χ1n) is 21.5. The normalized spacial score (nSPS) is 40.5. The fourth-order valence-corrected chi connectivity index (χ4v) is 8.25. The standard InChI is InChI=1S/C42H63FO22/c1-3-5-7-21(48)12-18(6-4-2)10-19-8-9-22(20(11-19)13-43)58-39-33(55)29(51)36(24(15-45)60-39)64-41-35(57)31(53)38(26(17-47)62-41)65-42-34(56)30(52)37(25(16-46)61-42)63-40-32(54)28(50)27(49)23(14-44)59-40/h2,8-9,11,18,23-42,44-47,49-57H,3,5-7,10,12-17H2,1H3/t18?,23?,24?,25?,26?,27-,28+,29-,30-,31-,32?,33?,34?,35?,36+,37-,38+,39-,40-,41-,42-/m1/s1. The van der Waals surface area contributed by atoms with Crippen molar-refractivity contribution in [2.45, 2.75) is 175 Å². The van der Waals surface area contributed by atoms with Crippen LogP contribution in [-0.4, -0.2) is 221 Å². The lowest BCUT2D eigenvalue weighted by atomic mass is 9.90. The fraction of sp³-hybridized carbons (Fsp3) is 0.786. The number of hydrogen-bond donors (Lipinski definition) is 13. The van der Waals surface area contributed by atoms with Gasteiger partial charge in [0.05, 0.1) is 26.4 Å². The lowest BCUT2D eigenvalue weighted by molar-refractivity contribution is -0.387. The topological polar surface area (TPSA) is 354 Å². The van der Waals surface area contributed by atoms with Gasteiger partial charge in [0.25, 0.3) is 0 Å². The van der Waals surface area contributed by atoms with Gasteiger partial charge in [-0.05, 0) is 36.5 Å². The van der Waals surface area contributed by atoms with Gasteiger partial charge in [0.2, 0.25) is 6.29 Å². The molecule has 23 heteroatoms. The minimum Gasteiger partial charge on any atom is -0.462 e. The van der Waals surface area contributed by atoms with Crippen LogP contribution in [0.2, 0.25) is 0 Å². The van der Waals surface area contributed by atoms with Crippen LogP contribution < -0.4 is 4.74 Å². The summed E-state index contributed by atoms with van der Waals surface area (Å²) in [6.45, 7) is -2.57. The van der Waals surface area contributed by atoms with Crippen LogP contribution in [0.25, 0.3) is 0 Å². The van der Waals surface area contributed by atoms with Crippen molar-refractivity contribution in [3.8, 4) is 18.1 Å². The molecule has 0 saturated carbocycles. The van der Waals surface area contributed by atoms with Crippen LogP contribution in [0.5, 0.6) is 5.75 Å². The van der Waals surface area contributed by atoms with Crippen molar-refractivity contribution >= 4 is 5.78 Å². The molecular weight excluding hydrogens is 875 g/mol. The van der Waals surface area contributed by atoms with Gasteiger partial charge in [-0.15, -0.1) is 12.3 Å². The van der Waals surface area contributed by atoms with Crippen LogP contribution in [0.1, 0.15) is 50.2 Å². The summed E-state index contributed by atoms with van der Waals surface area (Å²) in [7, 11) is 0. The van der Waals surface area contributed by atoms with E-state index in [1.165, 1.54) is 12.1 Å². The zero-order chi connectivity index (χ0) is 47.7. The molecule has 370 valence electrons. The molecular formula is C42H63FO22. The highest BCUT2D eigenvalue weighted by Crippen LogP contribution is 2.35. The molecule has 0 aliphatic carbocycles. The lowest BCUT2D eigenvalue weighted by Gasteiger charge is -2.49. The molecule has 4 saturated heterocycles. The number of terminal acetylenes is 1. The number of benzene rings is 1. The molecule has 0 radical (unpaired) electrons. The summed E-state index contributed by atoms with van der Waals surface area (Å²) >= 11 is 0. The van der Waals surface area contributed by atoms with E-state index in [-0.39, 0.29) is 29.4 Å². The molecule has 4 fully saturated rings. The van der Waals surface area contributed by atoms with Gasteiger partial charge in [-0.25, -0.2) is 4.39 Å². The van der Waals surface area contributed by atoms with Crippen molar-refractivity contribution in [2.24, 2.45) is 5.92 Å². The van der Waals surface area contributed by atoms with E-state index in [0.29, 0.717) is 24.8 Å². The molecule has 21 atom stereocenters. The number of aliphatic hydroxyl groups excluding tert-OH is 13. The maximum absolute atomic E-state index is 14.4. The van der Waals surface area contributed by atoms with Crippen molar-refractivity contribution in [3.63, 3.8) is 0 Å². The van der Waals surface area contributed by atoms with Crippen molar-refractivity contribution in [1.82, 2.24) is 0 Å². The second-order valence-corrected chi connectivity index (χ2v) is 16.6. The molecule has 13 N–H and O–H groups in total. The summed E-state index contributed by atoms with van der Waals surface area (Å²) in [5, 5.41) is 137. The quantitative estimate of drug-likeness (QED) is 0.0514. The van der Waals surface area contributed by atoms with Crippen molar-refractivity contribution in [2.75, 3.05) is 26.4 Å². The average molecular weight is 939 g/mol. The van der Waals surface area contributed by atoms with E-state index >= 15 is 0 Å². The van der Waals surface area contributed by atoms with E-state index in [4.69, 9.17) is 44.3 Å². The average Bonchev–Trinajstić information content (AvgIpc) is 3.30. The number of Topliss-reactive ketones (excluding diaryl/α,β-unsaturated/α-hetero) is 1. The van der Waals surface area contributed by atoms with Gasteiger partial charge in [0.1, 0.15) is 116 Å².